The third kappa shape index (κ3) is 5.82. The van der Waals surface area contributed by atoms with Gasteiger partial charge in [0.25, 0.3) is 0 Å². The summed E-state index contributed by atoms with van der Waals surface area (Å²) in [5.41, 5.74) is 5.55. The first-order valence-electron chi connectivity index (χ1n) is 5.35. The number of hydrogen-bond donors (Lipinski definition) is 2. The minimum Gasteiger partial charge on any atom is -0.433 e. The van der Waals surface area contributed by atoms with Crippen LogP contribution in [0.15, 0.2) is 18.2 Å². The van der Waals surface area contributed by atoms with Crippen LogP contribution in [0.5, 0.6) is 5.75 Å². The van der Waals surface area contributed by atoms with Crippen molar-refractivity contribution in [3.63, 3.8) is 0 Å². The molecule has 0 heterocycles. The van der Waals surface area contributed by atoms with Gasteiger partial charge in [0.2, 0.25) is 5.91 Å². The van der Waals surface area contributed by atoms with E-state index in [1.165, 1.54) is 18.2 Å². The second-order valence-electron chi connectivity index (χ2n) is 3.41. The molecule has 0 aliphatic rings. The van der Waals surface area contributed by atoms with Gasteiger partial charge in [-0.05, 0) is 18.2 Å². The van der Waals surface area contributed by atoms with Crippen LogP contribution in [0.2, 0.25) is 5.02 Å². The number of carbonyl (C=O) groups is 1. The zero-order valence-corrected chi connectivity index (χ0v) is 10.6. The van der Waals surface area contributed by atoms with Gasteiger partial charge in [0.05, 0.1) is 11.6 Å². The number of amides is 1. The van der Waals surface area contributed by atoms with E-state index < -0.39 is 12.5 Å². The fourth-order valence-corrected chi connectivity index (χ4v) is 1.44. The van der Waals surface area contributed by atoms with E-state index in [2.05, 4.69) is 10.1 Å². The maximum Gasteiger partial charge on any atom is 0.387 e. The molecule has 106 valence electrons. The van der Waals surface area contributed by atoms with E-state index in [0.29, 0.717) is 12.2 Å². The van der Waals surface area contributed by atoms with Gasteiger partial charge in [-0.15, -0.1) is 0 Å². The van der Waals surface area contributed by atoms with Crippen molar-refractivity contribution < 1.29 is 23.0 Å². The van der Waals surface area contributed by atoms with E-state index in [0.717, 1.165) is 0 Å². The molecule has 1 aromatic rings. The molecule has 0 bridgehead atoms. The summed E-state index contributed by atoms with van der Waals surface area (Å²) >= 11 is 5.73. The van der Waals surface area contributed by atoms with Gasteiger partial charge >= 0.3 is 6.61 Å². The third-order valence-electron chi connectivity index (χ3n) is 1.93. The van der Waals surface area contributed by atoms with Gasteiger partial charge in [-0.25, -0.2) is 0 Å². The Kier molecular flexibility index (Phi) is 6.48. The Morgan fingerprint density at radius 3 is 2.79 bits per heavy atom. The Morgan fingerprint density at radius 1 is 1.47 bits per heavy atom. The Bertz CT molecular complexity index is 432. The number of nitrogens with one attached hydrogen (secondary N) is 1. The van der Waals surface area contributed by atoms with Crippen LogP contribution in [-0.4, -0.2) is 32.3 Å². The van der Waals surface area contributed by atoms with Crippen molar-refractivity contribution in [2.45, 2.75) is 6.61 Å². The summed E-state index contributed by atoms with van der Waals surface area (Å²) in [7, 11) is 0. The molecule has 0 spiro atoms. The maximum atomic E-state index is 12.0. The predicted molar refractivity (Wildman–Crippen MR) is 66.6 cm³/mol. The van der Waals surface area contributed by atoms with Gasteiger partial charge in [0, 0.05) is 12.2 Å². The summed E-state index contributed by atoms with van der Waals surface area (Å²) in [5.74, 6) is -0.555. The number of alkyl halides is 2. The van der Waals surface area contributed by atoms with Crippen LogP contribution in [0.1, 0.15) is 0 Å². The first-order valence-corrected chi connectivity index (χ1v) is 5.72. The van der Waals surface area contributed by atoms with Crippen LogP contribution in [0.3, 0.4) is 0 Å². The molecule has 0 saturated heterocycles. The van der Waals surface area contributed by atoms with Crippen molar-refractivity contribution in [3.8, 4) is 5.75 Å². The lowest BCUT2D eigenvalue weighted by atomic mass is 10.3. The number of nitrogens with two attached hydrogens (primary N) is 1. The van der Waals surface area contributed by atoms with Gasteiger partial charge in [-0.3, -0.25) is 4.79 Å². The molecule has 1 amide bonds. The average molecular weight is 295 g/mol. The number of carbonyl (C=O) groups excluding carboxylic acids is 1. The maximum absolute atomic E-state index is 12.0. The molecule has 5 nitrogen and oxygen atoms in total. The minimum absolute atomic E-state index is 0.0269. The van der Waals surface area contributed by atoms with Gasteiger partial charge in [0.1, 0.15) is 12.4 Å². The third-order valence-corrected chi connectivity index (χ3v) is 2.22. The summed E-state index contributed by atoms with van der Waals surface area (Å²) < 4.78 is 33.1. The highest BCUT2D eigenvalue weighted by Crippen LogP contribution is 2.28. The van der Waals surface area contributed by atoms with Gasteiger partial charge in [0.15, 0.2) is 0 Å². The van der Waals surface area contributed by atoms with Crippen LogP contribution in [0, 0.1) is 0 Å². The number of hydrogen-bond acceptors (Lipinski definition) is 4. The van der Waals surface area contributed by atoms with Crippen molar-refractivity contribution in [2.24, 2.45) is 5.73 Å². The highest BCUT2D eigenvalue weighted by atomic mass is 35.5. The summed E-state index contributed by atoms with van der Waals surface area (Å²) in [6.45, 7) is -2.51. The van der Waals surface area contributed by atoms with Crippen molar-refractivity contribution in [1.82, 2.24) is 0 Å². The smallest absolute Gasteiger partial charge is 0.387 e. The van der Waals surface area contributed by atoms with E-state index in [9.17, 15) is 13.6 Å². The molecule has 0 aromatic heterocycles. The predicted octanol–water partition coefficient (Wildman–Crippen LogP) is 1.86. The topological polar surface area (TPSA) is 73.6 Å². The van der Waals surface area contributed by atoms with Crippen molar-refractivity contribution in [2.75, 3.05) is 25.1 Å². The molecule has 0 unspecified atom stereocenters. The largest absolute Gasteiger partial charge is 0.433 e. The molecule has 0 aliphatic heterocycles. The number of rotatable bonds is 7. The first kappa shape index (κ1) is 15.6. The molecule has 3 N–H and O–H groups in total. The zero-order chi connectivity index (χ0) is 14.3. The second-order valence-corrected chi connectivity index (χ2v) is 3.82. The standard InChI is InChI=1S/C11H13ClF2N2O3/c12-8-5-7(1-2-9(8)19-11(13)14)16-10(17)6-18-4-3-15/h1-2,5,11H,3-4,6,15H2,(H,16,17). The van der Waals surface area contributed by atoms with Crippen LogP contribution in [-0.2, 0) is 9.53 Å². The monoisotopic (exact) mass is 294 g/mol. The second kappa shape index (κ2) is 7.88. The lowest BCUT2D eigenvalue weighted by Crippen LogP contribution is -2.20. The van der Waals surface area contributed by atoms with Crippen LogP contribution < -0.4 is 15.8 Å². The highest BCUT2D eigenvalue weighted by Gasteiger charge is 2.10. The number of benzene rings is 1. The highest BCUT2D eigenvalue weighted by molar-refractivity contribution is 6.32. The lowest BCUT2D eigenvalue weighted by molar-refractivity contribution is -0.120. The molecule has 1 aromatic carbocycles. The fraction of sp³-hybridized carbons (Fsp3) is 0.364. The summed E-state index contributed by atoms with van der Waals surface area (Å²) in [4.78, 5) is 11.4. The normalized spacial score (nSPS) is 10.6. The minimum atomic E-state index is -2.96. The Labute approximate surface area is 113 Å². The molecular weight excluding hydrogens is 282 g/mol. The van der Waals surface area contributed by atoms with E-state index >= 15 is 0 Å². The molecule has 1 rings (SSSR count). The van der Waals surface area contributed by atoms with E-state index in [1.54, 1.807) is 0 Å². The molecular formula is C11H13ClF2N2O3. The van der Waals surface area contributed by atoms with Crippen LogP contribution >= 0.6 is 11.6 Å². The Balaban J connectivity index is 2.55. The quantitative estimate of drug-likeness (QED) is 0.753. The van der Waals surface area contributed by atoms with Gasteiger partial charge in [-0.2, -0.15) is 8.78 Å². The molecule has 19 heavy (non-hydrogen) atoms. The zero-order valence-electron chi connectivity index (χ0n) is 9.87. The first-order chi connectivity index (χ1) is 9.02. The SMILES string of the molecule is NCCOCC(=O)Nc1ccc(OC(F)F)c(Cl)c1. The molecule has 0 atom stereocenters. The lowest BCUT2D eigenvalue weighted by Gasteiger charge is -2.09. The number of ether oxygens (including phenoxy) is 2. The van der Waals surface area contributed by atoms with Crippen LogP contribution in [0.4, 0.5) is 14.5 Å². The molecule has 0 fully saturated rings. The van der Waals surface area contributed by atoms with Gasteiger partial charge in [-0.1, -0.05) is 11.6 Å². The summed E-state index contributed by atoms with van der Waals surface area (Å²) in [6, 6.07) is 3.94. The van der Waals surface area contributed by atoms with Crippen molar-refractivity contribution in [1.29, 1.82) is 0 Å². The molecule has 0 saturated carbocycles. The number of halogens is 3. The Morgan fingerprint density at radius 2 is 2.21 bits per heavy atom. The van der Waals surface area contributed by atoms with E-state index in [1.807, 2.05) is 0 Å². The van der Waals surface area contributed by atoms with Gasteiger partial charge < -0.3 is 20.5 Å². The van der Waals surface area contributed by atoms with Crippen molar-refractivity contribution in [3.05, 3.63) is 23.2 Å². The Hall–Kier alpha value is -1.44. The molecule has 8 heteroatoms. The van der Waals surface area contributed by atoms with Crippen molar-refractivity contribution >= 4 is 23.2 Å². The van der Waals surface area contributed by atoms with E-state index in [-0.39, 0.29) is 24.0 Å². The molecule has 0 aliphatic carbocycles. The molecule has 0 radical (unpaired) electrons. The summed E-state index contributed by atoms with van der Waals surface area (Å²) in [6.07, 6.45) is 0. The summed E-state index contributed by atoms with van der Waals surface area (Å²) in [5, 5.41) is 2.46. The average Bonchev–Trinajstić information content (AvgIpc) is 2.32. The van der Waals surface area contributed by atoms with Crippen LogP contribution in [0.25, 0.3) is 0 Å². The fourth-order valence-electron chi connectivity index (χ4n) is 1.22. The van der Waals surface area contributed by atoms with E-state index in [4.69, 9.17) is 22.1 Å². The number of anilines is 1.